The molecule has 0 radical (unpaired) electrons. The maximum Gasteiger partial charge on any atom is 0.313 e. The molecule has 0 saturated heterocycles. The largest absolute Gasteiger partial charge is 0.481 e. The van der Waals surface area contributed by atoms with Gasteiger partial charge in [0.2, 0.25) is 0 Å². The second kappa shape index (κ2) is 2.59. The van der Waals surface area contributed by atoms with E-state index in [1.54, 1.807) is 13.8 Å². The highest BCUT2D eigenvalue weighted by atomic mass is 16.4. The summed E-state index contributed by atoms with van der Waals surface area (Å²) in [7, 11) is 0. The van der Waals surface area contributed by atoms with Gasteiger partial charge in [-0.15, -0.1) is 0 Å². The van der Waals surface area contributed by atoms with Gasteiger partial charge in [-0.1, -0.05) is 24.3 Å². The molecule has 0 amide bonds. The second-order valence-corrected chi connectivity index (χ2v) is 5.71. The molecule has 1 fully saturated rings. The van der Waals surface area contributed by atoms with Crippen molar-refractivity contribution in [2.24, 2.45) is 29.1 Å². The van der Waals surface area contributed by atoms with Crippen molar-refractivity contribution in [3.05, 3.63) is 24.3 Å². The van der Waals surface area contributed by atoms with Crippen LogP contribution < -0.4 is 0 Å². The van der Waals surface area contributed by atoms with Gasteiger partial charge in [-0.3, -0.25) is 4.79 Å². The first-order chi connectivity index (χ1) is 7.40. The van der Waals surface area contributed by atoms with Gasteiger partial charge in [0.05, 0.1) is 5.60 Å². The van der Waals surface area contributed by atoms with Gasteiger partial charge >= 0.3 is 5.97 Å². The third-order valence-electron chi connectivity index (χ3n) is 4.77. The number of carbonyl (C=O) groups is 1. The molecule has 3 heteroatoms. The summed E-state index contributed by atoms with van der Waals surface area (Å²) >= 11 is 0. The predicted molar refractivity (Wildman–Crippen MR) is 58.6 cm³/mol. The van der Waals surface area contributed by atoms with Crippen molar-refractivity contribution < 1.29 is 15.0 Å². The van der Waals surface area contributed by atoms with Gasteiger partial charge in [0.1, 0.15) is 5.41 Å². The zero-order chi connectivity index (χ0) is 11.7. The zero-order valence-electron chi connectivity index (χ0n) is 9.42. The molecular weight excluding hydrogens is 204 g/mol. The summed E-state index contributed by atoms with van der Waals surface area (Å²) in [5, 5.41) is 19.8. The summed E-state index contributed by atoms with van der Waals surface area (Å²) in [6, 6.07) is 0. The lowest BCUT2D eigenvalue weighted by Crippen LogP contribution is -2.68. The van der Waals surface area contributed by atoms with E-state index in [1.165, 1.54) is 0 Å². The van der Waals surface area contributed by atoms with Crippen molar-refractivity contribution in [2.45, 2.75) is 19.4 Å². The monoisotopic (exact) mass is 220 g/mol. The van der Waals surface area contributed by atoms with E-state index in [0.29, 0.717) is 11.8 Å². The highest BCUT2D eigenvalue weighted by Crippen LogP contribution is 2.69. The van der Waals surface area contributed by atoms with E-state index in [9.17, 15) is 15.0 Å². The van der Waals surface area contributed by atoms with Crippen LogP contribution in [0.4, 0.5) is 0 Å². The molecule has 0 aromatic heterocycles. The van der Waals surface area contributed by atoms with Gasteiger partial charge in [0.25, 0.3) is 0 Å². The van der Waals surface area contributed by atoms with Crippen LogP contribution in [0, 0.1) is 29.1 Å². The second-order valence-electron chi connectivity index (χ2n) is 5.71. The summed E-state index contributed by atoms with van der Waals surface area (Å²) in [4.78, 5) is 11.7. The molecule has 2 atom stereocenters. The minimum atomic E-state index is -1.20. The van der Waals surface area contributed by atoms with Crippen LogP contribution in [0.1, 0.15) is 13.8 Å². The number of carboxylic acid groups (broad SMARTS) is 1. The molecule has 0 spiro atoms. The van der Waals surface area contributed by atoms with Crippen molar-refractivity contribution >= 4 is 5.97 Å². The van der Waals surface area contributed by atoms with Crippen molar-refractivity contribution in [1.82, 2.24) is 0 Å². The maximum absolute atomic E-state index is 11.7. The van der Waals surface area contributed by atoms with E-state index in [1.807, 2.05) is 12.2 Å². The van der Waals surface area contributed by atoms with E-state index in [2.05, 4.69) is 12.2 Å². The normalized spacial score (nSPS) is 47.9. The molecule has 0 bridgehead atoms. The molecule has 0 aromatic rings. The SMILES string of the molecule is CC(C)(O)C1(C(=O)O)[C@@H]2C=CC3C=C[C@@H]1C32. The highest BCUT2D eigenvalue weighted by Gasteiger charge is 2.73. The molecule has 16 heavy (non-hydrogen) atoms. The molecule has 0 aliphatic heterocycles. The lowest BCUT2D eigenvalue weighted by molar-refractivity contribution is -0.215. The third kappa shape index (κ3) is 0.798. The fourth-order valence-corrected chi connectivity index (χ4v) is 4.15. The molecule has 0 aromatic carbocycles. The van der Waals surface area contributed by atoms with Crippen LogP contribution >= 0.6 is 0 Å². The number of carboxylic acids is 1. The summed E-state index contributed by atoms with van der Waals surface area (Å²) in [5.74, 6) is -0.138. The van der Waals surface area contributed by atoms with E-state index >= 15 is 0 Å². The Bertz CT molecular complexity index is 391. The fraction of sp³-hybridized carbons (Fsp3) is 0.615. The third-order valence-corrected chi connectivity index (χ3v) is 4.77. The Morgan fingerprint density at radius 2 is 1.69 bits per heavy atom. The van der Waals surface area contributed by atoms with Gasteiger partial charge < -0.3 is 10.2 Å². The highest BCUT2D eigenvalue weighted by molar-refractivity contribution is 5.81. The van der Waals surface area contributed by atoms with Crippen molar-refractivity contribution in [3.63, 3.8) is 0 Å². The van der Waals surface area contributed by atoms with Crippen LogP contribution in [0.5, 0.6) is 0 Å². The summed E-state index contributed by atoms with van der Waals surface area (Å²) in [6.07, 6.45) is 8.15. The van der Waals surface area contributed by atoms with Crippen molar-refractivity contribution in [2.75, 3.05) is 0 Å². The lowest BCUT2D eigenvalue weighted by Gasteiger charge is -2.59. The van der Waals surface area contributed by atoms with Crippen LogP contribution in [0.25, 0.3) is 0 Å². The van der Waals surface area contributed by atoms with Crippen LogP contribution in [0.2, 0.25) is 0 Å². The Morgan fingerprint density at radius 1 is 1.19 bits per heavy atom. The molecule has 2 N–H and O–H groups in total. The summed E-state index contributed by atoms with van der Waals surface area (Å²) in [5.41, 5.74) is -2.23. The number of allylic oxidation sites excluding steroid dienone is 4. The van der Waals surface area contributed by atoms with Gasteiger partial charge in [-0.2, -0.15) is 0 Å². The number of hydrogen-bond donors (Lipinski definition) is 2. The van der Waals surface area contributed by atoms with E-state index in [4.69, 9.17) is 0 Å². The molecule has 86 valence electrons. The first-order valence-corrected chi connectivity index (χ1v) is 5.73. The predicted octanol–water partition coefficient (Wildman–Crippen LogP) is 1.45. The summed E-state index contributed by atoms with van der Waals surface area (Å²) in [6.45, 7) is 3.23. The smallest absolute Gasteiger partial charge is 0.313 e. The van der Waals surface area contributed by atoms with Crippen LogP contribution in [0.3, 0.4) is 0 Å². The number of aliphatic hydroxyl groups is 1. The van der Waals surface area contributed by atoms with Gasteiger partial charge in [0, 0.05) is 11.8 Å². The quantitative estimate of drug-likeness (QED) is 0.692. The molecule has 0 unspecified atom stereocenters. The standard InChI is InChI=1S/C13H16O3/c1-12(2,16)13(11(14)15)8-5-3-7-4-6-9(13)10(7)8/h3-10,16H,1-2H3,(H,14,15)/t7?,8-,9-,10?,13?/m1/s1. The molecular formula is C13H16O3. The molecule has 3 aliphatic carbocycles. The molecule has 1 saturated carbocycles. The topological polar surface area (TPSA) is 57.5 Å². The first-order valence-electron chi connectivity index (χ1n) is 5.73. The van der Waals surface area contributed by atoms with E-state index < -0.39 is 17.0 Å². The fourth-order valence-electron chi connectivity index (χ4n) is 4.15. The van der Waals surface area contributed by atoms with Gasteiger partial charge in [-0.05, 0) is 25.7 Å². The number of rotatable bonds is 2. The Hall–Kier alpha value is -1.09. The van der Waals surface area contributed by atoms with Gasteiger partial charge in [-0.25, -0.2) is 0 Å². The minimum Gasteiger partial charge on any atom is -0.481 e. The van der Waals surface area contributed by atoms with Crippen LogP contribution in [0.15, 0.2) is 24.3 Å². The molecule has 3 aliphatic rings. The average molecular weight is 220 g/mol. The van der Waals surface area contributed by atoms with E-state index in [-0.39, 0.29) is 11.8 Å². The Morgan fingerprint density at radius 3 is 2.06 bits per heavy atom. The summed E-state index contributed by atoms with van der Waals surface area (Å²) < 4.78 is 0. The Balaban J connectivity index is 2.14. The lowest BCUT2D eigenvalue weighted by atomic mass is 9.43. The minimum absolute atomic E-state index is 0.0185. The zero-order valence-corrected chi connectivity index (χ0v) is 9.42. The van der Waals surface area contributed by atoms with Crippen molar-refractivity contribution in [1.29, 1.82) is 0 Å². The van der Waals surface area contributed by atoms with Crippen LogP contribution in [-0.2, 0) is 4.79 Å². The first kappa shape index (κ1) is 10.1. The number of hydrogen-bond acceptors (Lipinski definition) is 2. The van der Waals surface area contributed by atoms with E-state index in [0.717, 1.165) is 0 Å². The Labute approximate surface area is 94.5 Å². The maximum atomic E-state index is 11.7. The average Bonchev–Trinajstić information content (AvgIpc) is 2.52. The van der Waals surface area contributed by atoms with Crippen molar-refractivity contribution in [3.8, 4) is 0 Å². The Kier molecular flexibility index (Phi) is 1.63. The van der Waals surface area contributed by atoms with Gasteiger partial charge in [0.15, 0.2) is 0 Å². The van der Waals surface area contributed by atoms with Crippen LogP contribution in [-0.4, -0.2) is 21.8 Å². The molecule has 0 heterocycles. The number of aliphatic carboxylic acids is 1. The molecule has 3 rings (SSSR count). The molecule has 3 nitrogen and oxygen atoms in total.